The highest BCUT2D eigenvalue weighted by atomic mass is 79.9. The average molecular weight is 673 g/mol. The van der Waals surface area contributed by atoms with Crippen molar-refractivity contribution in [3.05, 3.63) is 58.6 Å². The zero-order chi connectivity index (χ0) is 31.6. The second-order valence-electron chi connectivity index (χ2n) is 12.9. The van der Waals surface area contributed by atoms with E-state index in [1.165, 1.54) is 0 Å². The number of unbranched alkanes of at least 4 members (excludes halogenated alkanes) is 2. The lowest BCUT2D eigenvalue weighted by atomic mass is 9.74. The number of allylic oxidation sites excluding steroid dienone is 1. The molecule has 1 aromatic carbocycles. The zero-order valence-electron chi connectivity index (χ0n) is 25.5. The van der Waals surface area contributed by atoms with Gasteiger partial charge in [0.25, 0.3) is 0 Å². The molecule has 10 nitrogen and oxygen atoms in total. The van der Waals surface area contributed by atoms with Crippen LogP contribution in [0.3, 0.4) is 0 Å². The normalized spacial score (nSPS) is 31.9. The van der Waals surface area contributed by atoms with Gasteiger partial charge < -0.3 is 29.7 Å². The molecule has 3 amide bonds. The first-order chi connectivity index (χ1) is 21.0. The molecule has 1 aromatic rings. The average Bonchev–Trinajstić information content (AvgIpc) is 3.57. The molecule has 44 heavy (non-hydrogen) atoms. The Morgan fingerprint density at radius 2 is 1.80 bits per heavy atom. The van der Waals surface area contributed by atoms with Gasteiger partial charge in [0, 0.05) is 36.1 Å². The number of rotatable bonds is 6. The van der Waals surface area contributed by atoms with Crippen LogP contribution in [0.15, 0.2) is 53.0 Å². The maximum absolute atomic E-state index is 14.6. The molecule has 0 radical (unpaired) electrons. The largest absolute Gasteiger partial charge is 0.455 e. The minimum atomic E-state index is -1.35. The number of nitrogens with one attached hydrogen (secondary N) is 1. The number of benzene rings is 1. The predicted octanol–water partition coefficient (Wildman–Crippen LogP) is 3.40. The fraction of sp³-hybridized carbons (Fsp3) is 0.576. The SMILES string of the molecule is CC(C)(C)N1C/C=C\CCC(=O)NC[C@@H](c2ccccc2)OC(=O)[C@@H]2[C@H]3O[C@@]4(C=C3Br)[C@H](C1=O)N(CCCCCO)C(=O)[C@@H]24. The molecule has 4 aliphatic rings. The summed E-state index contributed by atoms with van der Waals surface area (Å²) in [5.74, 6) is -3.32. The first-order valence-corrected chi connectivity index (χ1v) is 16.2. The lowest BCUT2D eigenvalue weighted by Crippen LogP contribution is -2.59. The van der Waals surface area contributed by atoms with Crippen molar-refractivity contribution in [1.82, 2.24) is 15.1 Å². The Morgan fingerprint density at radius 3 is 2.50 bits per heavy atom. The van der Waals surface area contributed by atoms with Crippen LogP contribution >= 0.6 is 15.9 Å². The highest BCUT2D eigenvalue weighted by molar-refractivity contribution is 9.11. The van der Waals surface area contributed by atoms with Crippen molar-refractivity contribution < 1.29 is 33.8 Å². The molecule has 2 fully saturated rings. The van der Waals surface area contributed by atoms with Crippen molar-refractivity contribution in [2.24, 2.45) is 11.8 Å². The summed E-state index contributed by atoms with van der Waals surface area (Å²) in [7, 11) is 0. The summed E-state index contributed by atoms with van der Waals surface area (Å²) in [6.07, 6.45) is 6.59. The van der Waals surface area contributed by atoms with Crippen LogP contribution in [0.1, 0.15) is 64.5 Å². The summed E-state index contributed by atoms with van der Waals surface area (Å²) in [6.45, 7) is 6.51. The number of amides is 3. The molecule has 2 N–H and O–H groups in total. The molecular weight excluding hydrogens is 630 g/mol. The Morgan fingerprint density at radius 1 is 1.05 bits per heavy atom. The van der Waals surface area contributed by atoms with E-state index in [1.54, 1.807) is 15.9 Å². The first-order valence-electron chi connectivity index (χ1n) is 15.5. The Hall–Kier alpha value is -3.02. The van der Waals surface area contributed by atoms with Gasteiger partial charge in [-0.1, -0.05) is 58.4 Å². The second-order valence-corrected chi connectivity index (χ2v) is 13.8. The molecule has 2 saturated heterocycles. The summed E-state index contributed by atoms with van der Waals surface area (Å²) in [4.78, 5) is 59.1. The summed E-state index contributed by atoms with van der Waals surface area (Å²) in [5, 5.41) is 12.2. The van der Waals surface area contributed by atoms with Crippen LogP contribution in [-0.2, 0) is 28.7 Å². The van der Waals surface area contributed by atoms with E-state index in [2.05, 4.69) is 21.2 Å². The number of cyclic esters (lactones) is 1. The monoisotopic (exact) mass is 671 g/mol. The van der Waals surface area contributed by atoms with E-state index in [4.69, 9.17) is 9.47 Å². The number of hydrogen-bond acceptors (Lipinski definition) is 7. The number of esters is 1. The Balaban J connectivity index is 1.58. The highest BCUT2D eigenvalue weighted by Gasteiger charge is 2.75. The molecule has 5 bridgehead atoms. The number of ether oxygens (including phenoxy) is 2. The van der Waals surface area contributed by atoms with E-state index >= 15 is 0 Å². The van der Waals surface area contributed by atoms with Gasteiger partial charge in [0.05, 0.1) is 12.5 Å². The third-order valence-corrected chi connectivity index (χ3v) is 9.65. The summed E-state index contributed by atoms with van der Waals surface area (Å²) < 4.78 is 13.3. The molecule has 4 aliphatic heterocycles. The number of halogens is 1. The molecule has 5 rings (SSSR count). The van der Waals surface area contributed by atoms with Crippen molar-refractivity contribution in [2.75, 3.05) is 26.2 Å². The van der Waals surface area contributed by atoms with E-state index in [0.717, 1.165) is 0 Å². The number of fused-ring (bicyclic) bond motifs is 2. The van der Waals surface area contributed by atoms with Crippen LogP contribution < -0.4 is 5.32 Å². The lowest BCUT2D eigenvalue weighted by Gasteiger charge is -2.41. The highest BCUT2D eigenvalue weighted by Crippen LogP contribution is 2.59. The van der Waals surface area contributed by atoms with Crippen molar-refractivity contribution in [1.29, 1.82) is 0 Å². The van der Waals surface area contributed by atoms with E-state index in [9.17, 15) is 24.3 Å². The van der Waals surface area contributed by atoms with Crippen molar-refractivity contribution in [2.45, 2.75) is 82.3 Å². The van der Waals surface area contributed by atoms with Gasteiger partial charge in [0.15, 0.2) is 0 Å². The van der Waals surface area contributed by atoms with Gasteiger partial charge >= 0.3 is 5.97 Å². The molecule has 0 aromatic heterocycles. The fourth-order valence-corrected chi connectivity index (χ4v) is 7.58. The number of aliphatic hydroxyl groups is 1. The molecule has 0 unspecified atom stereocenters. The molecule has 11 heteroatoms. The summed E-state index contributed by atoms with van der Waals surface area (Å²) >= 11 is 3.59. The van der Waals surface area contributed by atoms with Crippen LogP contribution in [-0.4, -0.2) is 88.1 Å². The standard InChI is InChI=1S/C33H42BrN3O7/c1-32(2,3)37-17-11-5-9-15-24(39)35-20-23(21-13-7-4-8-14-21)43-31(42)25-26-29(40)36(16-10-6-12-18-38)28(30(37)41)33(26)19-22(34)27(25)44-33/h4-5,7-8,11,13-14,19,23,25-28,38H,6,9-10,12,15-18,20H2,1-3H3,(H,35,39)/b11-5-/t23-,25-,26+,27-,28-,33+/m0/s1. The number of carbonyl (C=O) groups excluding carboxylic acids is 4. The van der Waals surface area contributed by atoms with Crippen LogP contribution in [0.25, 0.3) is 0 Å². The predicted molar refractivity (Wildman–Crippen MR) is 166 cm³/mol. The maximum Gasteiger partial charge on any atom is 0.313 e. The molecule has 0 aliphatic carbocycles. The van der Waals surface area contributed by atoms with Crippen molar-refractivity contribution in [3.63, 3.8) is 0 Å². The number of nitrogens with zero attached hydrogens (tertiary/aromatic N) is 2. The number of hydrogen-bond donors (Lipinski definition) is 2. The van der Waals surface area contributed by atoms with Gasteiger partial charge in [-0.15, -0.1) is 0 Å². The molecule has 1 spiro atoms. The third-order valence-electron chi connectivity index (χ3n) is 8.97. The van der Waals surface area contributed by atoms with Gasteiger partial charge in [-0.25, -0.2) is 0 Å². The minimum Gasteiger partial charge on any atom is -0.455 e. The van der Waals surface area contributed by atoms with Crippen molar-refractivity contribution >= 4 is 39.6 Å². The second kappa shape index (κ2) is 13.1. The van der Waals surface area contributed by atoms with Crippen LogP contribution in [0.2, 0.25) is 0 Å². The molecule has 0 saturated carbocycles. The number of carbonyl (C=O) groups is 4. The van der Waals surface area contributed by atoms with Crippen molar-refractivity contribution in [3.8, 4) is 0 Å². The third kappa shape index (κ3) is 6.10. The van der Waals surface area contributed by atoms with Crippen LogP contribution in [0, 0.1) is 11.8 Å². The van der Waals surface area contributed by atoms with Gasteiger partial charge in [-0.05, 0) is 58.1 Å². The van der Waals surface area contributed by atoms with Gasteiger partial charge in [-0.3, -0.25) is 19.2 Å². The smallest absolute Gasteiger partial charge is 0.313 e. The van der Waals surface area contributed by atoms with Gasteiger partial charge in [0.1, 0.15) is 29.8 Å². The molecular formula is C33H42BrN3O7. The Bertz CT molecular complexity index is 1330. The molecule has 238 valence electrons. The first kappa shape index (κ1) is 32.4. The fourth-order valence-electron chi connectivity index (χ4n) is 6.84. The quantitative estimate of drug-likeness (QED) is 0.270. The van der Waals surface area contributed by atoms with Crippen LogP contribution in [0.5, 0.6) is 0 Å². The maximum atomic E-state index is 14.6. The van der Waals surface area contributed by atoms with Crippen LogP contribution in [0.4, 0.5) is 0 Å². The summed E-state index contributed by atoms with van der Waals surface area (Å²) in [6, 6.07) is 8.19. The van der Waals surface area contributed by atoms with E-state index < -0.39 is 47.2 Å². The van der Waals surface area contributed by atoms with Gasteiger partial charge in [-0.2, -0.15) is 0 Å². The lowest BCUT2D eigenvalue weighted by molar-refractivity contribution is -0.160. The Kier molecular flexibility index (Phi) is 9.67. The zero-order valence-corrected chi connectivity index (χ0v) is 27.1. The van der Waals surface area contributed by atoms with Gasteiger partial charge in [0.2, 0.25) is 17.7 Å². The topological polar surface area (TPSA) is 125 Å². The minimum absolute atomic E-state index is 0.0461. The number of likely N-dealkylation sites (tertiary alicyclic amines) is 1. The Labute approximate surface area is 266 Å². The van der Waals surface area contributed by atoms with E-state index in [1.807, 2.05) is 63.3 Å². The molecule has 4 heterocycles. The van der Waals surface area contributed by atoms with E-state index in [0.29, 0.717) is 42.3 Å². The number of aliphatic hydroxyl groups excluding tert-OH is 1. The summed E-state index contributed by atoms with van der Waals surface area (Å²) in [5.41, 5.74) is -1.24. The molecule has 6 atom stereocenters. The van der Waals surface area contributed by atoms with E-state index in [-0.39, 0.29) is 43.8 Å².